The van der Waals surface area contributed by atoms with Gasteiger partial charge in [0, 0.05) is 11.3 Å². The Labute approximate surface area is 164 Å². The molecule has 0 spiro atoms. The number of benzene rings is 2. The number of nitriles is 1. The zero-order valence-corrected chi connectivity index (χ0v) is 14.5. The van der Waals surface area contributed by atoms with Crippen LogP contribution in [0.1, 0.15) is 10.4 Å². The molecule has 30 heavy (non-hydrogen) atoms. The first-order chi connectivity index (χ1) is 13.9. The van der Waals surface area contributed by atoms with Crippen LogP contribution in [-0.2, 0) is 4.79 Å². The van der Waals surface area contributed by atoms with E-state index >= 15 is 0 Å². The summed E-state index contributed by atoms with van der Waals surface area (Å²) in [6.45, 7) is 0. The predicted molar refractivity (Wildman–Crippen MR) is 88.3 cm³/mol. The summed E-state index contributed by atoms with van der Waals surface area (Å²) in [4.78, 5) is 24.5. The largest absolute Gasteiger partial charge is 0.573 e. The van der Waals surface area contributed by atoms with Gasteiger partial charge in [0.05, 0.1) is 6.07 Å². The Bertz CT molecular complexity index is 947. The third-order valence-electron chi connectivity index (χ3n) is 3.38. The third kappa shape index (κ3) is 6.69. The van der Waals surface area contributed by atoms with E-state index in [2.05, 4.69) is 14.8 Å². The molecule has 0 aliphatic rings. The molecule has 6 nitrogen and oxygen atoms in total. The molecular weight excluding hydrogens is 422 g/mol. The Hall–Kier alpha value is -3.75. The summed E-state index contributed by atoms with van der Waals surface area (Å²) < 4.78 is 80.2. The molecule has 0 aliphatic carbocycles. The maximum atomic E-state index is 12.3. The van der Waals surface area contributed by atoms with Crippen molar-refractivity contribution in [1.29, 1.82) is 5.26 Å². The molecule has 1 atom stereocenters. The minimum atomic E-state index is -4.93. The smallest absolute Gasteiger partial charge is 0.406 e. The van der Waals surface area contributed by atoms with Gasteiger partial charge in [-0.3, -0.25) is 9.59 Å². The van der Waals surface area contributed by atoms with Gasteiger partial charge in [-0.2, -0.15) is 5.26 Å². The summed E-state index contributed by atoms with van der Waals surface area (Å²) in [5.74, 6) is -5.08. The van der Waals surface area contributed by atoms with Gasteiger partial charge in [0.25, 0.3) is 0 Å². The number of nitrogens with zero attached hydrogens (tertiary/aromatic N) is 1. The first kappa shape index (κ1) is 22.5. The molecule has 1 unspecified atom stereocenters. The molecule has 158 valence electrons. The fourth-order valence-corrected chi connectivity index (χ4v) is 2.18. The van der Waals surface area contributed by atoms with Crippen LogP contribution in [0.5, 0.6) is 11.5 Å². The molecule has 2 aromatic carbocycles. The quantitative estimate of drug-likeness (QED) is 0.414. The van der Waals surface area contributed by atoms with Crippen LogP contribution in [0, 0.1) is 17.2 Å². The number of ketones is 1. The zero-order valence-electron chi connectivity index (χ0n) is 14.5. The third-order valence-corrected chi connectivity index (χ3v) is 3.38. The van der Waals surface area contributed by atoms with Crippen LogP contribution in [0.3, 0.4) is 0 Å². The van der Waals surface area contributed by atoms with Crippen molar-refractivity contribution in [3.05, 3.63) is 54.1 Å². The number of hydrogen-bond donors (Lipinski definition) is 1. The van der Waals surface area contributed by atoms with Crippen molar-refractivity contribution in [2.75, 3.05) is 5.32 Å². The lowest BCUT2D eigenvalue weighted by Gasteiger charge is -2.12. The fraction of sp³-hybridized carbons (Fsp3) is 0.167. The number of halogens is 6. The standard InChI is InChI=1S/C18H10F6N2O4/c19-17(20,21)29-12-5-1-10(2-6-12)15(27)14(9-25)16(28)26-11-3-7-13(8-4-11)30-18(22,23)24/h1-8,14H,(H,26,28). The van der Waals surface area contributed by atoms with Crippen molar-refractivity contribution >= 4 is 17.4 Å². The summed E-state index contributed by atoms with van der Waals surface area (Å²) in [6, 6.07) is 8.98. The van der Waals surface area contributed by atoms with Crippen LogP contribution >= 0.6 is 0 Å². The van der Waals surface area contributed by atoms with Crippen LogP contribution in [-0.4, -0.2) is 24.4 Å². The molecular formula is C18H10F6N2O4. The van der Waals surface area contributed by atoms with Gasteiger partial charge in [0.2, 0.25) is 5.91 Å². The van der Waals surface area contributed by atoms with Gasteiger partial charge in [0.15, 0.2) is 11.7 Å². The summed E-state index contributed by atoms with van der Waals surface area (Å²) in [7, 11) is 0. The number of carbonyl (C=O) groups is 2. The van der Waals surface area contributed by atoms with Crippen molar-refractivity contribution in [3.8, 4) is 17.6 Å². The van der Waals surface area contributed by atoms with E-state index in [0.717, 1.165) is 48.5 Å². The molecule has 0 saturated carbocycles. The number of rotatable bonds is 6. The lowest BCUT2D eigenvalue weighted by molar-refractivity contribution is -0.275. The fourth-order valence-electron chi connectivity index (χ4n) is 2.18. The van der Waals surface area contributed by atoms with E-state index < -0.39 is 41.8 Å². The van der Waals surface area contributed by atoms with E-state index in [9.17, 15) is 35.9 Å². The van der Waals surface area contributed by atoms with Gasteiger partial charge in [0.1, 0.15) is 11.5 Å². The summed E-state index contributed by atoms with van der Waals surface area (Å²) >= 11 is 0. The van der Waals surface area contributed by atoms with E-state index in [4.69, 9.17) is 5.26 Å². The van der Waals surface area contributed by atoms with Crippen molar-refractivity contribution < 1.29 is 45.4 Å². The maximum absolute atomic E-state index is 12.3. The number of Topliss-reactive ketones (excluding diaryl/α,β-unsaturated/α-hetero) is 1. The highest BCUT2D eigenvalue weighted by atomic mass is 19.4. The highest BCUT2D eigenvalue weighted by Gasteiger charge is 2.32. The molecule has 12 heteroatoms. The number of alkyl halides is 6. The minimum absolute atomic E-state index is 0.0171. The normalized spacial score (nSPS) is 12.4. The van der Waals surface area contributed by atoms with Crippen LogP contribution in [0.4, 0.5) is 32.0 Å². The predicted octanol–water partition coefficient (Wildman–Crippen LogP) is 4.44. The number of nitrogens with one attached hydrogen (secondary N) is 1. The first-order valence-electron chi connectivity index (χ1n) is 7.84. The van der Waals surface area contributed by atoms with Gasteiger partial charge in [-0.1, -0.05) is 0 Å². The molecule has 0 heterocycles. The molecule has 0 aliphatic heterocycles. The molecule has 0 fully saturated rings. The van der Waals surface area contributed by atoms with Gasteiger partial charge < -0.3 is 14.8 Å². The Morgan fingerprint density at radius 2 is 1.27 bits per heavy atom. The average Bonchev–Trinajstić information content (AvgIpc) is 2.62. The number of carbonyl (C=O) groups excluding carboxylic acids is 2. The molecule has 2 rings (SSSR count). The Morgan fingerprint density at radius 3 is 1.67 bits per heavy atom. The molecule has 0 radical (unpaired) electrons. The molecule has 0 bridgehead atoms. The average molecular weight is 432 g/mol. The number of amides is 1. The number of anilines is 1. The molecule has 0 aromatic heterocycles. The van der Waals surface area contributed by atoms with Crippen LogP contribution in [0.2, 0.25) is 0 Å². The first-order valence-corrected chi connectivity index (χ1v) is 7.84. The molecule has 1 amide bonds. The van der Waals surface area contributed by atoms with Gasteiger partial charge in [-0.25, -0.2) is 0 Å². The van der Waals surface area contributed by atoms with Gasteiger partial charge in [-0.15, -0.1) is 26.3 Å². The Balaban J connectivity index is 2.07. The molecule has 1 N–H and O–H groups in total. The second kappa shape index (κ2) is 8.73. The van der Waals surface area contributed by atoms with Gasteiger partial charge >= 0.3 is 12.7 Å². The highest BCUT2D eigenvalue weighted by molar-refractivity contribution is 6.15. The molecule has 2 aromatic rings. The monoisotopic (exact) mass is 432 g/mol. The van der Waals surface area contributed by atoms with Crippen molar-refractivity contribution in [2.24, 2.45) is 5.92 Å². The Kier molecular flexibility index (Phi) is 6.56. The van der Waals surface area contributed by atoms with Crippen LogP contribution < -0.4 is 14.8 Å². The van der Waals surface area contributed by atoms with E-state index in [1.165, 1.54) is 6.07 Å². The second-order valence-electron chi connectivity index (χ2n) is 5.56. The topological polar surface area (TPSA) is 88.4 Å². The SMILES string of the molecule is N#CC(C(=O)Nc1ccc(OC(F)(F)F)cc1)C(=O)c1ccc(OC(F)(F)F)cc1. The Morgan fingerprint density at radius 1 is 0.833 bits per heavy atom. The lowest BCUT2D eigenvalue weighted by atomic mass is 9.98. The number of ether oxygens (including phenoxy) is 2. The maximum Gasteiger partial charge on any atom is 0.573 e. The summed E-state index contributed by atoms with van der Waals surface area (Å²) in [5, 5.41) is 11.3. The summed E-state index contributed by atoms with van der Waals surface area (Å²) in [5.41, 5.74) is -0.239. The zero-order chi connectivity index (χ0) is 22.5. The van der Waals surface area contributed by atoms with Crippen molar-refractivity contribution in [3.63, 3.8) is 0 Å². The number of hydrogen-bond acceptors (Lipinski definition) is 5. The minimum Gasteiger partial charge on any atom is -0.406 e. The van der Waals surface area contributed by atoms with Gasteiger partial charge in [-0.05, 0) is 48.5 Å². The van der Waals surface area contributed by atoms with E-state index in [0.29, 0.717) is 0 Å². The molecule has 0 saturated heterocycles. The second-order valence-corrected chi connectivity index (χ2v) is 5.56. The van der Waals surface area contributed by atoms with E-state index in [-0.39, 0.29) is 11.3 Å². The van der Waals surface area contributed by atoms with Crippen LogP contribution in [0.15, 0.2) is 48.5 Å². The van der Waals surface area contributed by atoms with E-state index in [1.807, 2.05) is 0 Å². The van der Waals surface area contributed by atoms with Crippen LogP contribution in [0.25, 0.3) is 0 Å². The lowest BCUT2D eigenvalue weighted by Crippen LogP contribution is -2.28. The van der Waals surface area contributed by atoms with E-state index in [1.54, 1.807) is 0 Å². The van der Waals surface area contributed by atoms with Crippen molar-refractivity contribution in [1.82, 2.24) is 0 Å². The highest BCUT2D eigenvalue weighted by Crippen LogP contribution is 2.25. The summed E-state index contributed by atoms with van der Waals surface area (Å²) in [6.07, 6.45) is -9.83. The van der Waals surface area contributed by atoms with Crippen molar-refractivity contribution in [2.45, 2.75) is 12.7 Å².